The highest BCUT2D eigenvalue weighted by molar-refractivity contribution is 9.10. The van der Waals surface area contributed by atoms with Gasteiger partial charge in [-0.15, -0.1) is 0 Å². The normalized spacial score (nSPS) is 11.4. The van der Waals surface area contributed by atoms with Crippen molar-refractivity contribution in [2.45, 2.75) is 45.6 Å². The summed E-state index contributed by atoms with van der Waals surface area (Å²) in [5.74, 6) is 1.70. The van der Waals surface area contributed by atoms with E-state index in [1.165, 1.54) is 12.8 Å². The molecule has 0 saturated heterocycles. The van der Waals surface area contributed by atoms with Crippen LogP contribution in [0.15, 0.2) is 22.7 Å². The Bertz CT molecular complexity index is 402. The van der Waals surface area contributed by atoms with E-state index in [1.807, 2.05) is 18.2 Å². The van der Waals surface area contributed by atoms with Crippen LogP contribution >= 0.6 is 15.9 Å². The molecular formula is C16H26BrNO2. The Morgan fingerprint density at radius 3 is 2.50 bits per heavy atom. The molecule has 0 saturated carbocycles. The molecule has 0 fully saturated rings. The third kappa shape index (κ3) is 7.15. The highest BCUT2D eigenvalue weighted by Gasteiger charge is 2.07. The smallest absolute Gasteiger partial charge is 0.133 e. The Labute approximate surface area is 131 Å². The second-order valence-electron chi connectivity index (χ2n) is 5.88. The average molecular weight is 344 g/mol. The molecule has 1 aromatic rings. The predicted octanol–water partition coefficient (Wildman–Crippen LogP) is 4.39. The molecule has 114 valence electrons. The Kier molecular flexibility index (Phi) is 7.38. The van der Waals surface area contributed by atoms with Crippen LogP contribution in [0.5, 0.6) is 11.5 Å². The van der Waals surface area contributed by atoms with Gasteiger partial charge < -0.3 is 14.8 Å². The molecule has 3 nitrogen and oxygen atoms in total. The molecule has 0 bridgehead atoms. The minimum absolute atomic E-state index is 0.213. The summed E-state index contributed by atoms with van der Waals surface area (Å²) < 4.78 is 11.9. The summed E-state index contributed by atoms with van der Waals surface area (Å²) in [7, 11) is 1.66. The minimum atomic E-state index is 0.213. The topological polar surface area (TPSA) is 30.5 Å². The molecule has 4 heteroatoms. The van der Waals surface area contributed by atoms with Crippen LogP contribution in [0.2, 0.25) is 0 Å². The largest absolute Gasteiger partial charge is 0.497 e. The standard InChI is InChI=1S/C16H26BrNO2/c1-16(2,3)18-10-6-5-7-11-20-15-9-8-13(19-4)12-14(15)17/h8-9,12,18H,5-7,10-11H2,1-4H3. The van der Waals surface area contributed by atoms with Crippen molar-refractivity contribution in [2.75, 3.05) is 20.3 Å². The van der Waals surface area contributed by atoms with Gasteiger partial charge in [0.25, 0.3) is 0 Å². The highest BCUT2D eigenvalue weighted by atomic mass is 79.9. The first kappa shape index (κ1) is 17.3. The number of hydrogen-bond acceptors (Lipinski definition) is 3. The molecule has 0 aromatic heterocycles. The van der Waals surface area contributed by atoms with Gasteiger partial charge in [0.2, 0.25) is 0 Å². The number of ether oxygens (including phenoxy) is 2. The molecule has 0 unspecified atom stereocenters. The number of halogens is 1. The molecule has 1 N–H and O–H groups in total. The zero-order valence-corrected chi connectivity index (χ0v) is 14.5. The maximum Gasteiger partial charge on any atom is 0.133 e. The average Bonchev–Trinajstić information content (AvgIpc) is 2.37. The van der Waals surface area contributed by atoms with Gasteiger partial charge in [0.15, 0.2) is 0 Å². The van der Waals surface area contributed by atoms with Crippen LogP contribution in [-0.4, -0.2) is 25.8 Å². The Morgan fingerprint density at radius 1 is 1.15 bits per heavy atom. The quantitative estimate of drug-likeness (QED) is 0.709. The van der Waals surface area contributed by atoms with Crippen molar-refractivity contribution >= 4 is 15.9 Å². The molecule has 0 aliphatic carbocycles. The van der Waals surface area contributed by atoms with E-state index < -0.39 is 0 Å². The second-order valence-corrected chi connectivity index (χ2v) is 6.74. The molecule has 0 heterocycles. The first-order valence-electron chi connectivity index (χ1n) is 7.14. The van der Waals surface area contributed by atoms with Gasteiger partial charge in [0.1, 0.15) is 11.5 Å². The maximum absolute atomic E-state index is 5.76. The molecule has 0 atom stereocenters. The van der Waals surface area contributed by atoms with Crippen molar-refractivity contribution in [2.24, 2.45) is 0 Å². The lowest BCUT2D eigenvalue weighted by molar-refractivity contribution is 0.300. The van der Waals surface area contributed by atoms with Crippen LogP contribution in [0, 0.1) is 0 Å². The van der Waals surface area contributed by atoms with Crippen molar-refractivity contribution in [1.29, 1.82) is 0 Å². The molecule has 1 aromatic carbocycles. The molecular weight excluding hydrogens is 318 g/mol. The van der Waals surface area contributed by atoms with Crippen molar-refractivity contribution in [3.63, 3.8) is 0 Å². The summed E-state index contributed by atoms with van der Waals surface area (Å²) >= 11 is 3.49. The number of nitrogens with one attached hydrogen (secondary N) is 1. The van der Waals surface area contributed by atoms with Gasteiger partial charge >= 0.3 is 0 Å². The second kappa shape index (κ2) is 8.53. The summed E-state index contributed by atoms with van der Waals surface area (Å²) in [5, 5.41) is 3.49. The number of benzene rings is 1. The lowest BCUT2D eigenvalue weighted by Crippen LogP contribution is -2.36. The van der Waals surface area contributed by atoms with Crippen LogP contribution < -0.4 is 14.8 Å². The summed E-state index contributed by atoms with van der Waals surface area (Å²) in [6.07, 6.45) is 3.44. The summed E-state index contributed by atoms with van der Waals surface area (Å²) in [4.78, 5) is 0. The van der Waals surface area contributed by atoms with E-state index in [1.54, 1.807) is 7.11 Å². The van der Waals surface area contributed by atoms with E-state index in [9.17, 15) is 0 Å². The number of hydrogen-bond donors (Lipinski definition) is 1. The van der Waals surface area contributed by atoms with Crippen LogP contribution in [0.1, 0.15) is 40.0 Å². The lowest BCUT2D eigenvalue weighted by Gasteiger charge is -2.20. The summed E-state index contributed by atoms with van der Waals surface area (Å²) in [6, 6.07) is 5.76. The fourth-order valence-electron chi connectivity index (χ4n) is 1.77. The van der Waals surface area contributed by atoms with Crippen LogP contribution in [0.25, 0.3) is 0 Å². The minimum Gasteiger partial charge on any atom is -0.497 e. The molecule has 0 spiro atoms. The van der Waals surface area contributed by atoms with Crippen molar-refractivity contribution in [1.82, 2.24) is 5.32 Å². The van der Waals surface area contributed by atoms with Crippen molar-refractivity contribution in [3.05, 3.63) is 22.7 Å². The fourth-order valence-corrected chi connectivity index (χ4v) is 2.25. The number of unbranched alkanes of at least 4 members (excludes halogenated alkanes) is 2. The molecule has 0 aliphatic rings. The van der Waals surface area contributed by atoms with Crippen LogP contribution in [0.4, 0.5) is 0 Å². The van der Waals surface area contributed by atoms with Crippen LogP contribution in [-0.2, 0) is 0 Å². The van der Waals surface area contributed by atoms with Crippen molar-refractivity contribution in [3.8, 4) is 11.5 Å². The Hall–Kier alpha value is -0.740. The Morgan fingerprint density at radius 2 is 1.90 bits per heavy atom. The molecule has 0 radical (unpaired) electrons. The Balaban J connectivity index is 2.15. The maximum atomic E-state index is 5.76. The lowest BCUT2D eigenvalue weighted by atomic mass is 10.1. The van der Waals surface area contributed by atoms with E-state index in [2.05, 4.69) is 42.0 Å². The SMILES string of the molecule is COc1ccc(OCCCCCNC(C)(C)C)c(Br)c1. The first-order valence-corrected chi connectivity index (χ1v) is 7.93. The summed E-state index contributed by atoms with van der Waals surface area (Å²) in [6.45, 7) is 8.39. The zero-order chi connectivity index (χ0) is 15.0. The van der Waals surface area contributed by atoms with Gasteiger partial charge in [-0.25, -0.2) is 0 Å². The first-order chi connectivity index (χ1) is 9.42. The molecule has 0 amide bonds. The number of rotatable bonds is 8. The molecule has 0 aliphatic heterocycles. The zero-order valence-electron chi connectivity index (χ0n) is 13.0. The monoisotopic (exact) mass is 343 g/mol. The van der Waals surface area contributed by atoms with Crippen molar-refractivity contribution < 1.29 is 9.47 Å². The molecule has 20 heavy (non-hydrogen) atoms. The highest BCUT2D eigenvalue weighted by Crippen LogP contribution is 2.29. The van der Waals surface area contributed by atoms with Gasteiger partial charge in [-0.05, 0) is 80.7 Å². The fraction of sp³-hybridized carbons (Fsp3) is 0.625. The van der Waals surface area contributed by atoms with E-state index in [4.69, 9.17) is 9.47 Å². The van der Waals surface area contributed by atoms with Crippen LogP contribution in [0.3, 0.4) is 0 Å². The van der Waals surface area contributed by atoms with Gasteiger partial charge in [-0.1, -0.05) is 0 Å². The van der Waals surface area contributed by atoms with Gasteiger partial charge in [-0.3, -0.25) is 0 Å². The van der Waals surface area contributed by atoms with E-state index >= 15 is 0 Å². The predicted molar refractivity (Wildman–Crippen MR) is 87.8 cm³/mol. The third-order valence-corrected chi connectivity index (χ3v) is 3.49. The summed E-state index contributed by atoms with van der Waals surface area (Å²) in [5.41, 5.74) is 0.213. The molecule has 1 rings (SSSR count). The van der Waals surface area contributed by atoms with Gasteiger partial charge in [0.05, 0.1) is 18.2 Å². The number of methoxy groups -OCH3 is 1. The van der Waals surface area contributed by atoms with Gasteiger partial charge in [0, 0.05) is 5.54 Å². The van der Waals surface area contributed by atoms with E-state index in [0.29, 0.717) is 0 Å². The van der Waals surface area contributed by atoms with Gasteiger partial charge in [-0.2, -0.15) is 0 Å². The third-order valence-electron chi connectivity index (χ3n) is 2.87. The van der Waals surface area contributed by atoms with E-state index in [-0.39, 0.29) is 5.54 Å². The van der Waals surface area contributed by atoms with E-state index in [0.717, 1.165) is 35.5 Å².